The zero-order chi connectivity index (χ0) is 15.5. The molecule has 110 valence electrons. The van der Waals surface area contributed by atoms with Crippen molar-refractivity contribution in [1.82, 2.24) is 9.88 Å². The van der Waals surface area contributed by atoms with Crippen LogP contribution in [0.4, 0.5) is 13.2 Å². The van der Waals surface area contributed by atoms with E-state index in [0.717, 1.165) is 17.7 Å². The summed E-state index contributed by atoms with van der Waals surface area (Å²) in [5.74, 6) is -0.340. The zero-order valence-corrected chi connectivity index (χ0v) is 11.3. The quantitative estimate of drug-likeness (QED) is 0.869. The monoisotopic (exact) mass is 294 g/mol. The second-order valence-corrected chi connectivity index (χ2v) is 4.60. The van der Waals surface area contributed by atoms with Crippen LogP contribution in [0.3, 0.4) is 0 Å². The highest BCUT2D eigenvalue weighted by Crippen LogP contribution is 2.29. The molecule has 0 atom stereocenters. The van der Waals surface area contributed by atoms with E-state index in [2.05, 4.69) is 4.98 Å². The molecule has 0 aliphatic carbocycles. The molecule has 2 aromatic rings. The van der Waals surface area contributed by atoms with E-state index in [4.69, 9.17) is 0 Å². The topological polar surface area (TPSA) is 33.2 Å². The number of hydrogen-bond acceptors (Lipinski definition) is 2. The van der Waals surface area contributed by atoms with Gasteiger partial charge in [-0.15, -0.1) is 0 Å². The minimum absolute atomic E-state index is 0.217. The fourth-order valence-electron chi connectivity index (χ4n) is 1.86. The predicted molar refractivity (Wildman–Crippen MR) is 71.5 cm³/mol. The van der Waals surface area contributed by atoms with Crippen LogP contribution in [-0.2, 0) is 12.7 Å². The van der Waals surface area contributed by atoms with Crippen LogP contribution in [0.1, 0.15) is 21.5 Å². The molecule has 0 spiro atoms. The lowest BCUT2D eigenvalue weighted by Gasteiger charge is -2.17. The molecule has 0 N–H and O–H groups in total. The first kappa shape index (κ1) is 15.0. The van der Waals surface area contributed by atoms with Crippen molar-refractivity contribution in [3.8, 4) is 0 Å². The molecular weight excluding hydrogens is 281 g/mol. The predicted octanol–water partition coefficient (Wildman–Crippen LogP) is 3.37. The van der Waals surface area contributed by atoms with E-state index in [0.29, 0.717) is 6.54 Å². The van der Waals surface area contributed by atoms with Crippen LogP contribution in [0.2, 0.25) is 0 Å². The van der Waals surface area contributed by atoms with Gasteiger partial charge in [0, 0.05) is 31.5 Å². The third-order valence-corrected chi connectivity index (χ3v) is 2.95. The van der Waals surface area contributed by atoms with Crippen LogP contribution >= 0.6 is 0 Å². The van der Waals surface area contributed by atoms with E-state index in [1.54, 1.807) is 25.5 Å². The van der Waals surface area contributed by atoms with Gasteiger partial charge in [0.05, 0.1) is 5.56 Å². The summed E-state index contributed by atoms with van der Waals surface area (Å²) in [6.45, 7) is 0.341. The standard InChI is InChI=1S/C15H13F3N2O/c1-20(10-11-3-2-8-19-9-11)14(21)12-4-6-13(7-5-12)15(16,17)18/h2-9H,10H2,1H3. The first-order chi connectivity index (χ1) is 9.88. The molecule has 1 heterocycles. The summed E-state index contributed by atoms with van der Waals surface area (Å²) in [6, 6.07) is 7.77. The van der Waals surface area contributed by atoms with Crippen molar-refractivity contribution in [2.75, 3.05) is 7.05 Å². The van der Waals surface area contributed by atoms with Gasteiger partial charge < -0.3 is 4.90 Å². The van der Waals surface area contributed by atoms with Gasteiger partial charge in [-0.2, -0.15) is 13.2 Å². The Morgan fingerprint density at radius 2 is 1.86 bits per heavy atom. The van der Waals surface area contributed by atoms with E-state index in [9.17, 15) is 18.0 Å². The summed E-state index contributed by atoms with van der Waals surface area (Å²) in [6.07, 6.45) is -1.14. The lowest BCUT2D eigenvalue weighted by atomic mass is 10.1. The summed E-state index contributed by atoms with van der Waals surface area (Å²) >= 11 is 0. The molecule has 0 fully saturated rings. The molecule has 0 unspecified atom stereocenters. The van der Waals surface area contributed by atoms with Gasteiger partial charge in [0.25, 0.3) is 5.91 Å². The number of nitrogens with zero attached hydrogens (tertiary/aromatic N) is 2. The highest BCUT2D eigenvalue weighted by Gasteiger charge is 2.30. The van der Waals surface area contributed by atoms with E-state index >= 15 is 0 Å². The largest absolute Gasteiger partial charge is 0.416 e. The molecule has 0 aliphatic heterocycles. The Morgan fingerprint density at radius 1 is 1.19 bits per heavy atom. The lowest BCUT2D eigenvalue weighted by molar-refractivity contribution is -0.137. The maximum absolute atomic E-state index is 12.5. The van der Waals surface area contributed by atoms with E-state index in [-0.39, 0.29) is 11.5 Å². The average molecular weight is 294 g/mol. The molecule has 0 saturated heterocycles. The van der Waals surface area contributed by atoms with Crippen LogP contribution in [0, 0.1) is 0 Å². The Bertz CT molecular complexity index is 609. The normalized spacial score (nSPS) is 11.2. The Morgan fingerprint density at radius 3 is 2.38 bits per heavy atom. The average Bonchev–Trinajstić information content (AvgIpc) is 2.46. The van der Waals surface area contributed by atoms with Crippen LogP contribution in [0.25, 0.3) is 0 Å². The van der Waals surface area contributed by atoms with Gasteiger partial charge in [0.15, 0.2) is 0 Å². The van der Waals surface area contributed by atoms with Crippen molar-refractivity contribution in [3.63, 3.8) is 0 Å². The number of aromatic nitrogens is 1. The first-order valence-electron chi connectivity index (χ1n) is 6.19. The Labute approximate surface area is 120 Å². The molecule has 0 radical (unpaired) electrons. The minimum atomic E-state index is -4.40. The molecule has 3 nitrogen and oxygen atoms in total. The van der Waals surface area contributed by atoms with E-state index in [1.807, 2.05) is 6.07 Å². The highest BCUT2D eigenvalue weighted by molar-refractivity contribution is 5.94. The zero-order valence-electron chi connectivity index (χ0n) is 11.3. The van der Waals surface area contributed by atoms with E-state index in [1.165, 1.54) is 17.0 Å². The fraction of sp³-hybridized carbons (Fsp3) is 0.200. The maximum Gasteiger partial charge on any atom is 0.416 e. The van der Waals surface area contributed by atoms with Crippen molar-refractivity contribution in [2.24, 2.45) is 0 Å². The number of carbonyl (C=O) groups excluding carboxylic acids is 1. The number of alkyl halides is 3. The van der Waals surface area contributed by atoms with Gasteiger partial charge in [0.1, 0.15) is 0 Å². The summed E-state index contributed by atoms with van der Waals surface area (Å²) in [4.78, 5) is 17.5. The SMILES string of the molecule is CN(Cc1cccnc1)C(=O)c1ccc(C(F)(F)F)cc1. The number of rotatable bonds is 3. The van der Waals surface area contributed by atoms with Crippen molar-refractivity contribution in [2.45, 2.75) is 12.7 Å². The summed E-state index contributed by atoms with van der Waals surface area (Å²) in [5.41, 5.74) is 0.295. The van der Waals surface area contributed by atoms with Crippen molar-refractivity contribution < 1.29 is 18.0 Å². The third-order valence-electron chi connectivity index (χ3n) is 2.95. The minimum Gasteiger partial charge on any atom is -0.337 e. The van der Waals surface area contributed by atoms with Crippen molar-refractivity contribution in [3.05, 3.63) is 65.5 Å². The van der Waals surface area contributed by atoms with Crippen LogP contribution in [0.5, 0.6) is 0 Å². The highest BCUT2D eigenvalue weighted by atomic mass is 19.4. The van der Waals surface area contributed by atoms with Gasteiger partial charge in [0.2, 0.25) is 0 Å². The van der Waals surface area contributed by atoms with E-state index < -0.39 is 11.7 Å². The Hall–Kier alpha value is -2.37. The molecule has 1 amide bonds. The van der Waals surface area contributed by atoms with Crippen LogP contribution < -0.4 is 0 Å². The molecule has 6 heteroatoms. The second kappa shape index (κ2) is 5.95. The maximum atomic E-state index is 12.5. The molecular formula is C15H13F3N2O. The number of carbonyl (C=O) groups is 1. The number of hydrogen-bond donors (Lipinski definition) is 0. The molecule has 2 rings (SSSR count). The van der Waals surface area contributed by atoms with Crippen LogP contribution in [-0.4, -0.2) is 22.8 Å². The Balaban J connectivity index is 2.09. The molecule has 1 aromatic carbocycles. The van der Waals surface area contributed by atoms with Gasteiger partial charge >= 0.3 is 6.18 Å². The van der Waals surface area contributed by atoms with Gasteiger partial charge in [-0.1, -0.05) is 6.07 Å². The van der Waals surface area contributed by atoms with Gasteiger partial charge in [-0.25, -0.2) is 0 Å². The third kappa shape index (κ3) is 3.81. The summed E-state index contributed by atoms with van der Waals surface area (Å²) in [5, 5.41) is 0. The number of pyridine rings is 1. The van der Waals surface area contributed by atoms with Gasteiger partial charge in [-0.05, 0) is 35.9 Å². The van der Waals surface area contributed by atoms with Crippen LogP contribution in [0.15, 0.2) is 48.8 Å². The summed E-state index contributed by atoms with van der Waals surface area (Å²) in [7, 11) is 1.59. The first-order valence-corrected chi connectivity index (χ1v) is 6.19. The lowest BCUT2D eigenvalue weighted by Crippen LogP contribution is -2.26. The Kier molecular flexibility index (Phi) is 4.26. The fourth-order valence-corrected chi connectivity index (χ4v) is 1.86. The molecule has 1 aromatic heterocycles. The molecule has 0 bridgehead atoms. The van der Waals surface area contributed by atoms with Gasteiger partial charge in [-0.3, -0.25) is 9.78 Å². The number of halogens is 3. The second-order valence-electron chi connectivity index (χ2n) is 4.60. The smallest absolute Gasteiger partial charge is 0.337 e. The van der Waals surface area contributed by atoms with Crippen molar-refractivity contribution >= 4 is 5.91 Å². The van der Waals surface area contributed by atoms with Crippen molar-refractivity contribution in [1.29, 1.82) is 0 Å². The summed E-state index contributed by atoms with van der Waals surface area (Å²) < 4.78 is 37.4. The number of benzene rings is 1. The molecule has 0 aliphatic rings. The molecule has 21 heavy (non-hydrogen) atoms. The molecule has 0 saturated carbocycles. The number of amides is 1.